The molecule has 4 atom stereocenters. The van der Waals surface area contributed by atoms with Crippen molar-refractivity contribution in [3.05, 3.63) is 12.2 Å². The lowest BCUT2D eigenvalue weighted by atomic mass is 9.88. The summed E-state index contributed by atoms with van der Waals surface area (Å²) in [4.78, 5) is 0. The van der Waals surface area contributed by atoms with Gasteiger partial charge in [0.15, 0.2) is 0 Å². The molecule has 0 amide bonds. The third-order valence-corrected chi connectivity index (χ3v) is 3.43. The van der Waals surface area contributed by atoms with E-state index in [-0.39, 0.29) is 0 Å². The first-order chi connectivity index (χ1) is 5.31. The van der Waals surface area contributed by atoms with Crippen LogP contribution in [0.5, 0.6) is 0 Å². The van der Waals surface area contributed by atoms with Gasteiger partial charge in [-0.25, -0.2) is 0 Å². The second-order valence-corrected chi connectivity index (χ2v) is 4.02. The minimum atomic E-state index is 0.704. The smallest absolute Gasteiger partial charge is 0.00698 e. The predicted molar refractivity (Wildman–Crippen MR) is 47.4 cm³/mol. The summed E-state index contributed by atoms with van der Waals surface area (Å²) in [6.45, 7) is 2.30. The third-order valence-electron chi connectivity index (χ3n) is 3.43. The Morgan fingerprint density at radius 2 is 2.18 bits per heavy atom. The van der Waals surface area contributed by atoms with Crippen LogP contribution in [0.2, 0.25) is 0 Å². The first-order valence-corrected chi connectivity index (χ1v) is 4.67. The molecule has 2 bridgehead atoms. The Hall–Kier alpha value is -0.300. The summed E-state index contributed by atoms with van der Waals surface area (Å²) in [5.74, 6) is 2.72. The molecule has 1 fully saturated rings. The molecule has 0 spiro atoms. The summed E-state index contributed by atoms with van der Waals surface area (Å²) in [5, 5.41) is 3.36. The molecule has 11 heavy (non-hydrogen) atoms. The number of fused-ring (bicyclic) bond motifs is 2. The summed E-state index contributed by atoms with van der Waals surface area (Å²) < 4.78 is 0. The van der Waals surface area contributed by atoms with Crippen LogP contribution in [0.15, 0.2) is 12.2 Å². The summed E-state index contributed by atoms with van der Waals surface area (Å²) in [5.41, 5.74) is 0. The average molecular weight is 151 g/mol. The molecule has 2 aliphatic rings. The Morgan fingerprint density at radius 1 is 1.36 bits per heavy atom. The van der Waals surface area contributed by atoms with Gasteiger partial charge in [0.2, 0.25) is 0 Å². The highest BCUT2D eigenvalue weighted by Gasteiger charge is 2.37. The van der Waals surface area contributed by atoms with Gasteiger partial charge in [-0.3, -0.25) is 0 Å². The zero-order chi connectivity index (χ0) is 7.84. The lowest BCUT2D eigenvalue weighted by Crippen LogP contribution is -2.32. The van der Waals surface area contributed by atoms with Crippen molar-refractivity contribution in [2.75, 3.05) is 7.05 Å². The van der Waals surface area contributed by atoms with E-state index < -0.39 is 0 Å². The van der Waals surface area contributed by atoms with E-state index in [1.165, 1.54) is 12.8 Å². The SMILES string of the molecule is CNC(C)C1CC2C=CC1C2. The normalized spacial score (nSPS) is 43.3. The molecular formula is C10H17N. The van der Waals surface area contributed by atoms with E-state index in [1.807, 2.05) is 0 Å². The average Bonchev–Trinajstić information content (AvgIpc) is 2.62. The maximum absolute atomic E-state index is 3.36. The molecule has 0 aromatic carbocycles. The molecule has 1 nitrogen and oxygen atoms in total. The van der Waals surface area contributed by atoms with E-state index in [1.54, 1.807) is 0 Å². The molecule has 1 N–H and O–H groups in total. The quantitative estimate of drug-likeness (QED) is 0.593. The molecule has 4 unspecified atom stereocenters. The van der Waals surface area contributed by atoms with Gasteiger partial charge in [0.25, 0.3) is 0 Å². The number of hydrogen-bond donors (Lipinski definition) is 1. The molecule has 0 radical (unpaired) electrons. The molecule has 2 rings (SSSR count). The van der Waals surface area contributed by atoms with E-state index in [0.717, 1.165) is 17.8 Å². The molecule has 0 saturated heterocycles. The summed E-state index contributed by atoms with van der Waals surface area (Å²) in [6.07, 6.45) is 7.68. The zero-order valence-electron chi connectivity index (χ0n) is 7.38. The minimum absolute atomic E-state index is 0.704. The van der Waals surface area contributed by atoms with Gasteiger partial charge in [-0.2, -0.15) is 0 Å². The van der Waals surface area contributed by atoms with Crippen LogP contribution in [0.4, 0.5) is 0 Å². The predicted octanol–water partition coefficient (Wildman–Crippen LogP) is 1.81. The standard InChI is InChI=1S/C10H17N/c1-7(11-2)10-6-8-3-4-9(10)5-8/h3-4,7-11H,5-6H2,1-2H3. The summed E-state index contributed by atoms with van der Waals surface area (Å²) in [7, 11) is 2.07. The monoisotopic (exact) mass is 151 g/mol. The van der Waals surface area contributed by atoms with Gasteiger partial charge in [0, 0.05) is 6.04 Å². The number of rotatable bonds is 2. The Kier molecular flexibility index (Phi) is 1.76. The van der Waals surface area contributed by atoms with E-state index >= 15 is 0 Å². The summed E-state index contributed by atoms with van der Waals surface area (Å²) >= 11 is 0. The fraction of sp³-hybridized carbons (Fsp3) is 0.800. The van der Waals surface area contributed by atoms with E-state index in [4.69, 9.17) is 0 Å². The molecule has 0 aromatic heterocycles. The third kappa shape index (κ3) is 1.12. The maximum atomic E-state index is 3.36. The Morgan fingerprint density at radius 3 is 2.64 bits per heavy atom. The van der Waals surface area contributed by atoms with Crippen LogP contribution in [0.1, 0.15) is 19.8 Å². The largest absolute Gasteiger partial charge is 0.317 e. The van der Waals surface area contributed by atoms with Gasteiger partial charge in [-0.05, 0) is 44.6 Å². The number of hydrogen-bond acceptors (Lipinski definition) is 1. The minimum Gasteiger partial charge on any atom is -0.317 e. The van der Waals surface area contributed by atoms with Crippen LogP contribution in [-0.4, -0.2) is 13.1 Å². The van der Waals surface area contributed by atoms with Crippen LogP contribution in [0.3, 0.4) is 0 Å². The molecule has 0 aromatic rings. The lowest BCUT2D eigenvalue weighted by molar-refractivity contribution is 0.343. The second-order valence-electron chi connectivity index (χ2n) is 4.02. The topological polar surface area (TPSA) is 12.0 Å². The molecule has 0 aliphatic heterocycles. The van der Waals surface area contributed by atoms with Crippen molar-refractivity contribution in [1.29, 1.82) is 0 Å². The molecule has 1 saturated carbocycles. The van der Waals surface area contributed by atoms with E-state index in [2.05, 4.69) is 31.4 Å². The van der Waals surface area contributed by atoms with Gasteiger partial charge in [-0.15, -0.1) is 0 Å². The van der Waals surface area contributed by atoms with Crippen molar-refractivity contribution in [2.45, 2.75) is 25.8 Å². The van der Waals surface area contributed by atoms with Crippen molar-refractivity contribution in [3.63, 3.8) is 0 Å². The molecule has 62 valence electrons. The van der Waals surface area contributed by atoms with Crippen LogP contribution < -0.4 is 5.32 Å². The van der Waals surface area contributed by atoms with Gasteiger partial charge >= 0.3 is 0 Å². The second kappa shape index (κ2) is 2.63. The highest BCUT2D eigenvalue weighted by molar-refractivity contribution is 5.11. The van der Waals surface area contributed by atoms with Crippen molar-refractivity contribution in [1.82, 2.24) is 5.32 Å². The van der Waals surface area contributed by atoms with Crippen molar-refractivity contribution < 1.29 is 0 Å². The van der Waals surface area contributed by atoms with Crippen LogP contribution in [-0.2, 0) is 0 Å². The number of allylic oxidation sites excluding steroid dienone is 2. The van der Waals surface area contributed by atoms with Gasteiger partial charge in [0.1, 0.15) is 0 Å². The Balaban J connectivity index is 2.02. The fourth-order valence-corrected chi connectivity index (χ4v) is 2.61. The van der Waals surface area contributed by atoms with Gasteiger partial charge in [-0.1, -0.05) is 12.2 Å². The first kappa shape index (κ1) is 7.35. The molecule has 0 heterocycles. The number of nitrogens with one attached hydrogen (secondary N) is 1. The first-order valence-electron chi connectivity index (χ1n) is 4.67. The van der Waals surface area contributed by atoms with Gasteiger partial charge < -0.3 is 5.32 Å². The molecule has 2 aliphatic carbocycles. The van der Waals surface area contributed by atoms with Crippen molar-refractivity contribution >= 4 is 0 Å². The van der Waals surface area contributed by atoms with Gasteiger partial charge in [0.05, 0.1) is 0 Å². The fourth-order valence-electron chi connectivity index (χ4n) is 2.61. The van der Waals surface area contributed by atoms with Crippen molar-refractivity contribution in [3.8, 4) is 0 Å². The molecule has 1 heteroatoms. The highest BCUT2D eigenvalue weighted by atomic mass is 14.9. The molecular weight excluding hydrogens is 134 g/mol. The van der Waals surface area contributed by atoms with E-state index in [0.29, 0.717) is 6.04 Å². The Bertz CT molecular complexity index is 174. The summed E-state index contributed by atoms with van der Waals surface area (Å²) in [6, 6.07) is 0.704. The van der Waals surface area contributed by atoms with Crippen LogP contribution in [0, 0.1) is 17.8 Å². The van der Waals surface area contributed by atoms with Crippen LogP contribution >= 0.6 is 0 Å². The van der Waals surface area contributed by atoms with Crippen molar-refractivity contribution in [2.24, 2.45) is 17.8 Å². The maximum Gasteiger partial charge on any atom is 0.00698 e. The lowest BCUT2D eigenvalue weighted by Gasteiger charge is -2.24. The highest BCUT2D eigenvalue weighted by Crippen LogP contribution is 2.44. The Labute approximate surface area is 68.9 Å². The van der Waals surface area contributed by atoms with E-state index in [9.17, 15) is 0 Å². The zero-order valence-corrected chi connectivity index (χ0v) is 7.38. The van der Waals surface area contributed by atoms with Crippen LogP contribution in [0.25, 0.3) is 0 Å².